The third-order valence-electron chi connectivity index (χ3n) is 2.62. The zero-order chi connectivity index (χ0) is 16.0. The Morgan fingerprint density at radius 2 is 1.86 bits per heavy atom. The van der Waals surface area contributed by atoms with Crippen molar-refractivity contribution in [3.05, 3.63) is 35.1 Å². The second-order valence-electron chi connectivity index (χ2n) is 4.16. The summed E-state index contributed by atoms with van der Waals surface area (Å²) < 4.78 is 39.5. The van der Waals surface area contributed by atoms with Crippen LogP contribution in [-0.2, 0) is 4.79 Å². The van der Waals surface area contributed by atoms with E-state index in [4.69, 9.17) is 10.4 Å². The number of carboxylic acids is 1. The zero-order valence-electron chi connectivity index (χ0n) is 10.7. The number of rotatable bonds is 6. The van der Waals surface area contributed by atoms with Gasteiger partial charge in [0.05, 0.1) is 6.07 Å². The van der Waals surface area contributed by atoms with Crippen LogP contribution in [0.4, 0.5) is 13.2 Å². The fourth-order valence-electron chi connectivity index (χ4n) is 1.63. The van der Waals surface area contributed by atoms with Crippen LogP contribution in [0.2, 0.25) is 0 Å². The SMILES string of the molecule is N#CCCC[C@H](NC(=O)c1c(F)cc(F)cc1F)C(=O)O. The van der Waals surface area contributed by atoms with Gasteiger partial charge in [-0.2, -0.15) is 5.26 Å². The minimum Gasteiger partial charge on any atom is -0.480 e. The van der Waals surface area contributed by atoms with Gasteiger partial charge in [0, 0.05) is 18.6 Å². The van der Waals surface area contributed by atoms with Crippen LogP contribution in [0.3, 0.4) is 0 Å². The van der Waals surface area contributed by atoms with E-state index >= 15 is 0 Å². The predicted octanol–water partition coefficient (Wildman–Crippen LogP) is 1.98. The first-order chi connectivity index (χ1) is 9.86. The van der Waals surface area contributed by atoms with Crippen molar-refractivity contribution in [2.75, 3.05) is 0 Å². The van der Waals surface area contributed by atoms with Crippen molar-refractivity contribution >= 4 is 11.9 Å². The summed E-state index contributed by atoms with van der Waals surface area (Å²) in [6.07, 6.45) is 0.208. The van der Waals surface area contributed by atoms with Crippen molar-refractivity contribution in [2.45, 2.75) is 25.3 Å². The lowest BCUT2D eigenvalue weighted by molar-refractivity contribution is -0.139. The van der Waals surface area contributed by atoms with Gasteiger partial charge in [0.1, 0.15) is 29.1 Å². The van der Waals surface area contributed by atoms with E-state index < -0.39 is 40.9 Å². The van der Waals surface area contributed by atoms with Crippen LogP contribution in [-0.4, -0.2) is 23.0 Å². The fourth-order valence-corrected chi connectivity index (χ4v) is 1.63. The molecule has 8 heteroatoms. The topological polar surface area (TPSA) is 90.2 Å². The Morgan fingerprint density at radius 1 is 1.29 bits per heavy atom. The van der Waals surface area contributed by atoms with Gasteiger partial charge in [0.25, 0.3) is 5.91 Å². The van der Waals surface area contributed by atoms with E-state index in [2.05, 4.69) is 0 Å². The van der Waals surface area contributed by atoms with Gasteiger partial charge in [0.2, 0.25) is 0 Å². The van der Waals surface area contributed by atoms with E-state index in [-0.39, 0.29) is 19.3 Å². The first kappa shape index (κ1) is 16.5. The number of hydrogen-bond acceptors (Lipinski definition) is 3. The lowest BCUT2D eigenvalue weighted by atomic mass is 10.1. The van der Waals surface area contributed by atoms with Gasteiger partial charge in [-0.15, -0.1) is 0 Å². The molecule has 1 aromatic rings. The van der Waals surface area contributed by atoms with Crippen molar-refractivity contribution < 1.29 is 27.9 Å². The average Bonchev–Trinajstić information content (AvgIpc) is 2.36. The summed E-state index contributed by atoms with van der Waals surface area (Å²) in [6.45, 7) is 0. The molecule has 0 spiro atoms. The molecule has 0 aliphatic rings. The molecule has 0 aliphatic carbocycles. The first-order valence-electron chi connectivity index (χ1n) is 5.92. The summed E-state index contributed by atoms with van der Waals surface area (Å²) in [7, 11) is 0. The van der Waals surface area contributed by atoms with Gasteiger partial charge >= 0.3 is 5.97 Å². The second-order valence-corrected chi connectivity index (χ2v) is 4.16. The molecule has 1 aromatic carbocycles. The molecular weight excluding hydrogens is 289 g/mol. The molecule has 0 aromatic heterocycles. The lowest BCUT2D eigenvalue weighted by Gasteiger charge is -2.14. The molecule has 1 atom stereocenters. The standard InChI is InChI=1S/C13H11F3N2O3/c14-7-5-8(15)11(9(16)6-7)12(19)18-10(13(20)21)3-1-2-4-17/h5-6,10H,1-3H2,(H,18,19)(H,20,21)/t10-/m0/s1. The number of carbonyl (C=O) groups is 2. The number of nitriles is 1. The van der Waals surface area contributed by atoms with Gasteiger partial charge in [-0.25, -0.2) is 18.0 Å². The van der Waals surface area contributed by atoms with Crippen LogP contribution >= 0.6 is 0 Å². The summed E-state index contributed by atoms with van der Waals surface area (Å²) in [5, 5.41) is 19.2. The Bertz CT molecular complexity index is 576. The highest BCUT2D eigenvalue weighted by atomic mass is 19.1. The summed E-state index contributed by atoms with van der Waals surface area (Å²) in [6, 6.07) is 1.06. The molecular formula is C13H11F3N2O3. The first-order valence-corrected chi connectivity index (χ1v) is 5.92. The molecule has 0 bridgehead atoms. The second kappa shape index (κ2) is 7.28. The minimum atomic E-state index is -1.42. The van der Waals surface area contributed by atoms with Gasteiger partial charge < -0.3 is 10.4 Å². The van der Waals surface area contributed by atoms with Crippen molar-refractivity contribution in [1.82, 2.24) is 5.32 Å². The van der Waals surface area contributed by atoms with E-state index in [1.165, 1.54) is 0 Å². The van der Waals surface area contributed by atoms with Crippen LogP contribution in [0.1, 0.15) is 29.6 Å². The highest BCUT2D eigenvalue weighted by Gasteiger charge is 2.24. The number of unbranched alkanes of at least 4 members (excludes halogenated alkanes) is 1. The number of halogens is 3. The third kappa shape index (κ3) is 4.49. The predicted molar refractivity (Wildman–Crippen MR) is 64.7 cm³/mol. The number of amides is 1. The normalized spacial score (nSPS) is 11.5. The Hall–Kier alpha value is -2.56. The molecule has 1 amide bonds. The maximum atomic E-state index is 13.4. The quantitative estimate of drug-likeness (QED) is 0.786. The monoisotopic (exact) mass is 300 g/mol. The molecule has 0 radical (unpaired) electrons. The number of aliphatic carboxylic acids is 1. The highest BCUT2D eigenvalue weighted by molar-refractivity contribution is 5.97. The Balaban J connectivity index is 2.88. The van der Waals surface area contributed by atoms with Crippen LogP contribution in [0, 0.1) is 28.8 Å². The van der Waals surface area contributed by atoms with Gasteiger partial charge in [-0.3, -0.25) is 4.79 Å². The Kier molecular flexibility index (Phi) is 5.72. The lowest BCUT2D eigenvalue weighted by Crippen LogP contribution is -2.41. The molecule has 5 nitrogen and oxygen atoms in total. The number of nitrogens with zero attached hydrogens (tertiary/aromatic N) is 1. The van der Waals surface area contributed by atoms with E-state index in [9.17, 15) is 22.8 Å². The van der Waals surface area contributed by atoms with Crippen LogP contribution in [0.15, 0.2) is 12.1 Å². The number of nitrogens with one attached hydrogen (secondary N) is 1. The summed E-state index contributed by atoms with van der Waals surface area (Å²) in [5.74, 6) is -6.73. The average molecular weight is 300 g/mol. The van der Waals surface area contributed by atoms with Crippen LogP contribution in [0.25, 0.3) is 0 Å². The van der Waals surface area contributed by atoms with Crippen molar-refractivity contribution in [2.24, 2.45) is 0 Å². The number of carboxylic acid groups (broad SMARTS) is 1. The van der Waals surface area contributed by atoms with E-state index in [0.717, 1.165) is 0 Å². The minimum absolute atomic E-state index is 0.0704. The van der Waals surface area contributed by atoms with Gasteiger partial charge in [0.15, 0.2) is 0 Å². The largest absolute Gasteiger partial charge is 0.480 e. The summed E-state index contributed by atoms with van der Waals surface area (Å²) in [4.78, 5) is 22.6. The summed E-state index contributed by atoms with van der Waals surface area (Å²) >= 11 is 0. The molecule has 0 unspecified atom stereocenters. The van der Waals surface area contributed by atoms with Gasteiger partial charge in [-0.1, -0.05) is 0 Å². The maximum Gasteiger partial charge on any atom is 0.326 e. The van der Waals surface area contributed by atoms with Crippen molar-refractivity contribution in [3.8, 4) is 6.07 Å². The third-order valence-corrected chi connectivity index (χ3v) is 2.62. The molecule has 0 heterocycles. The van der Waals surface area contributed by atoms with Crippen molar-refractivity contribution in [3.63, 3.8) is 0 Å². The number of benzene rings is 1. The van der Waals surface area contributed by atoms with E-state index in [1.807, 2.05) is 5.32 Å². The number of hydrogen-bond donors (Lipinski definition) is 2. The molecule has 0 saturated heterocycles. The molecule has 2 N–H and O–H groups in total. The fraction of sp³-hybridized carbons (Fsp3) is 0.308. The van der Waals surface area contributed by atoms with Crippen molar-refractivity contribution in [1.29, 1.82) is 5.26 Å². The molecule has 0 saturated carbocycles. The molecule has 0 fully saturated rings. The smallest absolute Gasteiger partial charge is 0.326 e. The Labute approximate surface area is 118 Å². The van der Waals surface area contributed by atoms with E-state index in [1.54, 1.807) is 6.07 Å². The number of carbonyl (C=O) groups excluding carboxylic acids is 1. The maximum absolute atomic E-state index is 13.4. The molecule has 1 rings (SSSR count). The molecule has 112 valence electrons. The van der Waals surface area contributed by atoms with Crippen LogP contribution in [0.5, 0.6) is 0 Å². The Morgan fingerprint density at radius 3 is 2.33 bits per heavy atom. The molecule has 21 heavy (non-hydrogen) atoms. The summed E-state index contributed by atoms with van der Waals surface area (Å²) in [5.41, 5.74) is -1.05. The zero-order valence-corrected chi connectivity index (χ0v) is 10.7. The van der Waals surface area contributed by atoms with Gasteiger partial charge in [-0.05, 0) is 12.8 Å². The highest BCUT2D eigenvalue weighted by Crippen LogP contribution is 2.15. The van der Waals surface area contributed by atoms with E-state index in [0.29, 0.717) is 12.1 Å². The molecule has 0 aliphatic heterocycles. The van der Waals surface area contributed by atoms with Crippen LogP contribution < -0.4 is 5.32 Å².